The van der Waals surface area contributed by atoms with Gasteiger partial charge in [0.25, 0.3) is 5.56 Å². The minimum absolute atomic E-state index is 0.000423. The van der Waals surface area contributed by atoms with Gasteiger partial charge in [0.2, 0.25) is 5.95 Å². The molecule has 0 aliphatic carbocycles. The summed E-state index contributed by atoms with van der Waals surface area (Å²) in [6, 6.07) is 0. The second kappa shape index (κ2) is 7.97. The lowest BCUT2D eigenvalue weighted by molar-refractivity contribution is -0.0435. The first kappa shape index (κ1) is 19.8. The van der Waals surface area contributed by atoms with E-state index in [0.29, 0.717) is 6.42 Å². The van der Waals surface area contributed by atoms with Crippen LogP contribution in [0.2, 0.25) is 0 Å². The van der Waals surface area contributed by atoms with Crippen LogP contribution in [0.5, 0.6) is 0 Å². The number of nitrogens with zero attached hydrogens (tertiary/aromatic N) is 3. The lowest BCUT2D eigenvalue weighted by Crippen LogP contribution is -2.30. The van der Waals surface area contributed by atoms with E-state index in [2.05, 4.69) is 27.6 Å². The number of aliphatic hydroxyl groups is 2. The van der Waals surface area contributed by atoms with E-state index in [4.69, 9.17) is 10.5 Å². The number of carbonyl (C=O) groups excluding carboxylic acids is 1. The topological polar surface area (TPSA) is 156 Å². The smallest absolute Gasteiger partial charge is 0.280 e. The van der Waals surface area contributed by atoms with Crippen LogP contribution in [-0.4, -0.2) is 59.6 Å². The molecule has 1 saturated heterocycles. The third-order valence-electron chi connectivity index (χ3n) is 4.60. The SMILES string of the molecule is CCCCCC(=O)c1nc2c(=O)[nH]c(N)nc2n1[C@@H]1O[C@H](CO)[C@@H](O)[C@H]1S. The first-order valence-corrected chi connectivity index (χ1v) is 9.34. The van der Waals surface area contributed by atoms with E-state index >= 15 is 0 Å². The maximum absolute atomic E-state index is 12.8. The van der Waals surface area contributed by atoms with Crippen LogP contribution in [0.25, 0.3) is 11.2 Å². The van der Waals surface area contributed by atoms with Gasteiger partial charge in [-0.3, -0.25) is 19.1 Å². The minimum atomic E-state index is -1.07. The van der Waals surface area contributed by atoms with Crippen LogP contribution in [0.4, 0.5) is 5.95 Å². The number of hydrogen-bond donors (Lipinski definition) is 5. The highest BCUT2D eigenvalue weighted by Crippen LogP contribution is 2.35. The molecule has 0 amide bonds. The van der Waals surface area contributed by atoms with Gasteiger partial charge in [-0.05, 0) is 6.42 Å². The summed E-state index contributed by atoms with van der Waals surface area (Å²) in [6.45, 7) is 1.61. The number of aromatic nitrogens is 4. The van der Waals surface area contributed by atoms with E-state index < -0.39 is 35.9 Å². The highest BCUT2D eigenvalue weighted by atomic mass is 32.1. The number of rotatable bonds is 7. The Bertz CT molecular complexity index is 897. The third kappa shape index (κ3) is 3.59. The van der Waals surface area contributed by atoms with Gasteiger partial charge in [-0.15, -0.1) is 0 Å². The molecule has 0 unspecified atom stereocenters. The van der Waals surface area contributed by atoms with Crippen LogP contribution < -0.4 is 11.3 Å². The van der Waals surface area contributed by atoms with Crippen molar-refractivity contribution in [2.24, 2.45) is 0 Å². The Morgan fingerprint density at radius 3 is 2.78 bits per heavy atom. The number of thiol groups is 1. The fourth-order valence-corrected chi connectivity index (χ4v) is 3.57. The van der Waals surface area contributed by atoms with Gasteiger partial charge >= 0.3 is 0 Å². The molecule has 11 heteroatoms. The molecule has 1 aliphatic rings. The Balaban J connectivity index is 2.12. The summed E-state index contributed by atoms with van der Waals surface area (Å²) in [5.74, 6) is -0.406. The molecule has 1 aliphatic heterocycles. The Hall–Kier alpha value is -1.95. The number of aliphatic hydroxyl groups excluding tert-OH is 2. The number of fused-ring (bicyclic) bond motifs is 1. The van der Waals surface area contributed by atoms with Crippen molar-refractivity contribution in [3.63, 3.8) is 0 Å². The Morgan fingerprint density at radius 1 is 1.41 bits per heavy atom. The number of nitrogens with two attached hydrogens (primary N) is 1. The molecule has 0 aromatic carbocycles. The predicted octanol–water partition coefficient (Wildman–Crippen LogP) is 0.0138. The number of carbonyl (C=O) groups is 1. The number of H-pyrrole nitrogens is 1. The highest BCUT2D eigenvalue weighted by molar-refractivity contribution is 7.81. The van der Waals surface area contributed by atoms with Crippen molar-refractivity contribution in [2.75, 3.05) is 12.3 Å². The van der Waals surface area contributed by atoms with E-state index in [1.54, 1.807) is 0 Å². The summed E-state index contributed by atoms with van der Waals surface area (Å²) in [5, 5.41) is 18.8. The number of aromatic amines is 1. The number of nitrogen functional groups attached to an aromatic ring is 1. The lowest BCUT2D eigenvalue weighted by atomic mass is 10.1. The first-order valence-electron chi connectivity index (χ1n) is 8.82. The van der Waals surface area contributed by atoms with Crippen LogP contribution in [-0.2, 0) is 4.74 Å². The third-order valence-corrected chi connectivity index (χ3v) is 5.16. The van der Waals surface area contributed by atoms with Crippen LogP contribution in [0.15, 0.2) is 4.79 Å². The number of unbranched alkanes of at least 4 members (excludes halogenated alkanes) is 2. The number of imidazole rings is 1. The summed E-state index contributed by atoms with van der Waals surface area (Å²) in [7, 11) is 0. The number of nitrogens with one attached hydrogen (secondary N) is 1. The Kier molecular flexibility index (Phi) is 5.84. The first-order chi connectivity index (χ1) is 12.9. The summed E-state index contributed by atoms with van der Waals surface area (Å²) >= 11 is 4.37. The maximum Gasteiger partial charge on any atom is 0.280 e. The van der Waals surface area contributed by atoms with Crippen molar-refractivity contribution in [3.05, 3.63) is 16.2 Å². The lowest BCUT2D eigenvalue weighted by Gasteiger charge is -2.19. The number of Topliss-reactive ketones (excluding diaryl/α,β-unsaturated/α-hetero) is 1. The summed E-state index contributed by atoms with van der Waals surface area (Å²) in [6.07, 6.45) is -0.110. The molecule has 3 rings (SSSR count). The zero-order valence-corrected chi connectivity index (χ0v) is 15.7. The molecular formula is C16H23N5O5S. The molecule has 0 spiro atoms. The van der Waals surface area contributed by atoms with E-state index in [1.807, 2.05) is 6.92 Å². The number of anilines is 1. The fourth-order valence-electron chi connectivity index (χ4n) is 3.18. The second-order valence-corrected chi connectivity index (χ2v) is 7.13. The fraction of sp³-hybridized carbons (Fsp3) is 0.625. The molecule has 10 nitrogen and oxygen atoms in total. The maximum atomic E-state index is 12.8. The van der Waals surface area contributed by atoms with Crippen LogP contribution in [0, 0.1) is 0 Å². The van der Waals surface area contributed by atoms with Crippen LogP contribution >= 0.6 is 12.6 Å². The van der Waals surface area contributed by atoms with Crippen molar-refractivity contribution in [1.82, 2.24) is 19.5 Å². The molecule has 4 atom stereocenters. The summed E-state index contributed by atoms with van der Waals surface area (Å²) in [4.78, 5) is 35.6. The highest BCUT2D eigenvalue weighted by Gasteiger charge is 2.44. The summed E-state index contributed by atoms with van der Waals surface area (Å²) in [5.41, 5.74) is 5.10. The van der Waals surface area contributed by atoms with Crippen molar-refractivity contribution >= 4 is 35.5 Å². The van der Waals surface area contributed by atoms with Gasteiger partial charge in [-0.2, -0.15) is 17.6 Å². The molecule has 148 valence electrons. The molecule has 5 N–H and O–H groups in total. The predicted molar refractivity (Wildman–Crippen MR) is 101 cm³/mol. The molecule has 0 radical (unpaired) electrons. The van der Waals surface area contributed by atoms with Crippen molar-refractivity contribution in [3.8, 4) is 0 Å². The van der Waals surface area contributed by atoms with Gasteiger partial charge in [0.15, 0.2) is 29.0 Å². The van der Waals surface area contributed by atoms with Crippen molar-refractivity contribution in [1.29, 1.82) is 0 Å². The van der Waals surface area contributed by atoms with Crippen LogP contribution in [0.1, 0.15) is 49.5 Å². The number of hydrogen-bond acceptors (Lipinski definition) is 9. The van der Waals surface area contributed by atoms with Crippen LogP contribution in [0.3, 0.4) is 0 Å². The average molecular weight is 397 g/mol. The molecule has 0 saturated carbocycles. The van der Waals surface area contributed by atoms with Gasteiger partial charge < -0.3 is 20.7 Å². The molecule has 27 heavy (non-hydrogen) atoms. The second-order valence-electron chi connectivity index (χ2n) is 6.54. The van der Waals surface area contributed by atoms with Gasteiger partial charge in [0, 0.05) is 6.42 Å². The monoisotopic (exact) mass is 397 g/mol. The Labute approximate surface area is 160 Å². The molecular weight excluding hydrogens is 374 g/mol. The number of ether oxygens (including phenoxy) is 1. The number of ketones is 1. The van der Waals surface area contributed by atoms with Gasteiger partial charge in [0.1, 0.15) is 6.10 Å². The van der Waals surface area contributed by atoms with Gasteiger partial charge in [-0.1, -0.05) is 19.8 Å². The molecule has 3 heterocycles. The van der Waals surface area contributed by atoms with Gasteiger partial charge in [-0.25, -0.2) is 4.98 Å². The molecule has 2 aromatic rings. The van der Waals surface area contributed by atoms with E-state index in [9.17, 15) is 19.8 Å². The quantitative estimate of drug-likeness (QED) is 0.248. The van der Waals surface area contributed by atoms with Crippen molar-refractivity contribution < 1.29 is 19.7 Å². The summed E-state index contributed by atoms with van der Waals surface area (Å²) < 4.78 is 7.04. The largest absolute Gasteiger partial charge is 0.394 e. The van der Waals surface area contributed by atoms with E-state index in [1.165, 1.54) is 4.57 Å². The standard InChI is InChI=1S/C16H23N5O5S/c1-2-3-4-5-7(23)12-18-9-13(19-16(17)20-14(9)25)21(12)15-11(27)10(24)8(6-22)26-15/h8,10-11,15,22,24,27H,2-6H2,1H3,(H3,17,19,20,25)/t8-,10-,11-,15-/m1/s1. The molecule has 1 fully saturated rings. The average Bonchev–Trinajstić information content (AvgIpc) is 3.14. The zero-order chi connectivity index (χ0) is 19.7. The molecule has 0 bridgehead atoms. The van der Waals surface area contributed by atoms with Crippen molar-refractivity contribution in [2.45, 2.75) is 56.3 Å². The Morgan fingerprint density at radius 2 is 2.15 bits per heavy atom. The van der Waals surface area contributed by atoms with E-state index in [0.717, 1.165) is 12.8 Å². The van der Waals surface area contributed by atoms with E-state index in [-0.39, 0.29) is 35.1 Å². The molecule has 2 aromatic heterocycles. The van der Waals surface area contributed by atoms with Gasteiger partial charge in [0.05, 0.1) is 18.0 Å². The normalized spacial score (nSPS) is 25.3. The zero-order valence-electron chi connectivity index (χ0n) is 14.8. The minimum Gasteiger partial charge on any atom is -0.394 e.